The van der Waals surface area contributed by atoms with Gasteiger partial charge in [-0.05, 0) is 24.3 Å². The van der Waals surface area contributed by atoms with Crippen molar-refractivity contribution in [2.24, 2.45) is 0 Å². The van der Waals surface area contributed by atoms with Gasteiger partial charge in [0.15, 0.2) is 0 Å². The van der Waals surface area contributed by atoms with Crippen molar-refractivity contribution in [3.63, 3.8) is 0 Å². The van der Waals surface area contributed by atoms with E-state index in [-0.39, 0.29) is 5.69 Å². The van der Waals surface area contributed by atoms with Crippen LogP contribution in [0.2, 0.25) is 15.1 Å². The molecule has 0 saturated carbocycles. The Morgan fingerprint density at radius 1 is 0.840 bits per heavy atom. The van der Waals surface area contributed by atoms with Crippen molar-refractivity contribution in [3.05, 3.63) is 75.6 Å². The highest BCUT2D eigenvalue weighted by Crippen LogP contribution is 2.31. The molecule has 0 spiro atoms. The third-order valence-electron chi connectivity index (χ3n) is 3.22. The van der Waals surface area contributed by atoms with E-state index >= 15 is 0 Å². The SMILES string of the molecule is O=C(Nc1ccccc1Cl)c1cnc(Nc2c(Cl)cccc2Cl)cn1. The van der Waals surface area contributed by atoms with Crippen LogP contribution in [0.3, 0.4) is 0 Å². The van der Waals surface area contributed by atoms with Gasteiger partial charge in [0.1, 0.15) is 11.5 Å². The van der Waals surface area contributed by atoms with Crippen LogP contribution in [-0.4, -0.2) is 15.9 Å². The van der Waals surface area contributed by atoms with Gasteiger partial charge in [-0.3, -0.25) is 4.79 Å². The Bertz CT molecular complexity index is 896. The number of hydrogen-bond acceptors (Lipinski definition) is 4. The van der Waals surface area contributed by atoms with Crippen LogP contribution in [0.5, 0.6) is 0 Å². The second kappa shape index (κ2) is 7.70. The van der Waals surface area contributed by atoms with E-state index in [1.807, 2.05) is 0 Å². The fraction of sp³-hybridized carbons (Fsp3) is 0. The highest BCUT2D eigenvalue weighted by atomic mass is 35.5. The molecule has 3 aromatic rings. The number of para-hydroxylation sites is 2. The van der Waals surface area contributed by atoms with Crippen LogP contribution in [0.15, 0.2) is 54.9 Å². The van der Waals surface area contributed by atoms with E-state index in [0.717, 1.165) is 0 Å². The number of aromatic nitrogens is 2. The number of anilines is 3. The van der Waals surface area contributed by atoms with Gasteiger partial charge in [-0.25, -0.2) is 9.97 Å². The Kier molecular flexibility index (Phi) is 5.38. The van der Waals surface area contributed by atoms with E-state index in [0.29, 0.717) is 32.3 Å². The Labute approximate surface area is 159 Å². The molecule has 2 aromatic carbocycles. The highest BCUT2D eigenvalue weighted by Gasteiger charge is 2.11. The normalized spacial score (nSPS) is 10.4. The van der Waals surface area contributed by atoms with Gasteiger partial charge in [0, 0.05) is 0 Å². The first-order chi connectivity index (χ1) is 12.0. The molecule has 3 rings (SSSR count). The number of amides is 1. The first-order valence-corrected chi connectivity index (χ1v) is 8.27. The van der Waals surface area contributed by atoms with Crippen molar-refractivity contribution >= 4 is 57.9 Å². The Balaban J connectivity index is 1.74. The summed E-state index contributed by atoms with van der Waals surface area (Å²) >= 11 is 18.2. The molecule has 0 atom stereocenters. The summed E-state index contributed by atoms with van der Waals surface area (Å²) in [6.07, 6.45) is 2.76. The molecule has 0 saturated heterocycles. The van der Waals surface area contributed by atoms with Crippen molar-refractivity contribution in [1.82, 2.24) is 9.97 Å². The molecule has 1 aromatic heterocycles. The van der Waals surface area contributed by atoms with E-state index in [9.17, 15) is 4.79 Å². The van der Waals surface area contributed by atoms with Gasteiger partial charge < -0.3 is 10.6 Å². The van der Waals surface area contributed by atoms with Crippen LogP contribution in [-0.2, 0) is 0 Å². The largest absolute Gasteiger partial charge is 0.337 e. The standard InChI is InChI=1S/C17H11Cl3N4O/c18-10-4-1-2-7-13(10)23-17(25)14-8-22-15(9-21-14)24-16-11(19)5-3-6-12(16)20/h1-9H,(H,22,24)(H,23,25). The van der Waals surface area contributed by atoms with Gasteiger partial charge in [0.25, 0.3) is 5.91 Å². The van der Waals surface area contributed by atoms with Crippen LogP contribution < -0.4 is 10.6 Å². The minimum absolute atomic E-state index is 0.149. The van der Waals surface area contributed by atoms with Gasteiger partial charge >= 0.3 is 0 Å². The quantitative estimate of drug-likeness (QED) is 0.620. The topological polar surface area (TPSA) is 66.9 Å². The van der Waals surface area contributed by atoms with E-state index in [1.165, 1.54) is 12.4 Å². The molecule has 0 bridgehead atoms. The lowest BCUT2D eigenvalue weighted by molar-refractivity contribution is 0.102. The van der Waals surface area contributed by atoms with Crippen LogP contribution in [0, 0.1) is 0 Å². The zero-order chi connectivity index (χ0) is 17.8. The Morgan fingerprint density at radius 2 is 1.52 bits per heavy atom. The van der Waals surface area contributed by atoms with Crippen LogP contribution in [0.4, 0.5) is 17.2 Å². The second-order valence-electron chi connectivity index (χ2n) is 4.94. The van der Waals surface area contributed by atoms with Crippen LogP contribution in [0.1, 0.15) is 10.5 Å². The summed E-state index contributed by atoms with van der Waals surface area (Å²) in [7, 11) is 0. The van der Waals surface area contributed by atoms with E-state index in [2.05, 4.69) is 20.6 Å². The molecule has 5 nitrogen and oxygen atoms in total. The Hall–Kier alpha value is -2.34. The van der Waals surface area contributed by atoms with Crippen molar-refractivity contribution in [2.45, 2.75) is 0 Å². The molecule has 0 fully saturated rings. The second-order valence-corrected chi connectivity index (χ2v) is 6.16. The number of carbonyl (C=O) groups is 1. The Morgan fingerprint density at radius 3 is 2.16 bits per heavy atom. The minimum Gasteiger partial charge on any atom is -0.337 e. The maximum absolute atomic E-state index is 12.2. The summed E-state index contributed by atoms with van der Waals surface area (Å²) in [5.41, 5.74) is 1.17. The molecule has 0 radical (unpaired) electrons. The fourth-order valence-electron chi connectivity index (χ4n) is 2.00. The number of carbonyl (C=O) groups excluding carboxylic acids is 1. The van der Waals surface area contributed by atoms with Gasteiger partial charge in [0.2, 0.25) is 0 Å². The summed E-state index contributed by atoms with van der Waals surface area (Å²) in [5, 5.41) is 7.00. The van der Waals surface area contributed by atoms with Crippen molar-refractivity contribution in [1.29, 1.82) is 0 Å². The molecule has 0 unspecified atom stereocenters. The molecule has 1 amide bonds. The van der Waals surface area contributed by atoms with E-state index in [4.69, 9.17) is 34.8 Å². The number of nitrogens with one attached hydrogen (secondary N) is 2. The maximum atomic E-state index is 12.2. The maximum Gasteiger partial charge on any atom is 0.275 e. The third-order valence-corrected chi connectivity index (χ3v) is 4.18. The van der Waals surface area contributed by atoms with Gasteiger partial charge in [-0.15, -0.1) is 0 Å². The average molecular weight is 394 g/mol. The van der Waals surface area contributed by atoms with Crippen molar-refractivity contribution in [2.75, 3.05) is 10.6 Å². The molecular formula is C17H11Cl3N4O. The molecule has 2 N–H and O–H groups in total. The smallest absolute Gasteiger partial charge is 0.275 e. The fourth-order valence-corrected chi connectivity index (χ4v) is 2.68. The summed E-state index contributed by atoms with van der Waals surface area (Å²) < 4.78 is 0. The molecule has 0 aliphatic heterocycles. The number of hydrogen-bond donors (Lipinski definition) is 2. The molecule has 126 valence electrons. The summed E-state index contributed by atoms with van der Waals surface area (Å²) in [4.78, 5) is 20.5. The first kappa shape index (κ1) is 17.5. The number of nitrogens with zero attached hydrogens (tertiary/aromatic N) is 2. The van der Waals surface area contributed by atoms with Gasteiger partial charge in [0.05, 0.1) is 38.8 Å². The number of benzene rings is 2. The van der Waals surface area contributed by atoms with Crippen LogP contribution >= 0.6 is 34.8 Å². The lowest BCUT2D eigenvalue weighted by Gasteiger charge is -2.10. The van der Waals surface area contributed by atoms with Gasteiger partial charge in [-0.2, -0.15) is 0 Å². The lowest BCUT2D eigenvalue weighted by Crippen LogP contribution is -2.14. The zero-order valence-corrected chi connectivity index (χ0v) is 14.9. The predicted octanol–water partition coefficient (Wildman–Crippen LogP) is 5.43. The zero-order valence-electron chi connectivity index (χ0n) is 12.6. The van der Waals surface area contributed by atoms with Gasteiger partial charge in [-0.1, -0.05) is 53.0 Å². The average Bonchev–Trinajstić information content (AvgIpc) is 2.61. The molecular weight excluding hydrogens is 383 g/mol. The molecule has 25 heavy (non-hydrogen) atoms. The predicted molar refractivity (Wildman–Crippen MR) is 101 cm³/mol. The van der Waals surface area contributed by atoms with E-state index in [1.54, 1.807) is 42.5 Å². The monoisotopic (exact) mass is 392 g/mol. The number of rotatable bonds is 4. The lowest BCUT2D eigenvalue weighted by atomic mass is 10.3. The van der Waals surface area contributed by atoms with Crippen LogP contribution in [0.25, 0.3) is 0 Å². The summed E-state index contributed by atoms with van der Waals surface area (Å²) in [6.45, 7) is 0. The van der Waals surface area contributed by atoms with Crippen molar-refractivity contribution < 1.29 is 4.79 Å². The highest BCUT2D eigenvalue weighted by molar-refractivity contribution is 6.39. The summed E-state index contributed by atoms with van der Waals surface area (Å²) in [5.74, 6) is -0.00720. The first-order valence-electron chi connectivity index (χ1n) is 7.13. The summed E-state index contributed by atoms with van der Waals surface area (Å²) in [6, 6.07) is 12.1. The number of halogens is 3. The minimum atomic E-state index is -0.414. The molecule has 0 aliphatic rings. The molecule has 1 heterocycles. The van der Waals surface area contributed by atoms with E-state index < -0.39 is 5.91 Å². The third kappa shape index (κ3) is 4.20. The molecule has 8 heteroatoms. The van der Waals surface area contributed by atoms with Crippen molar-refractivity contribution in [3.8, 4) is 0 Å². The molecule has 0 aliphatic carbocycles.